The number of halogens is 1. The molecule has 0 aromatic carbocycles. The van der Waals surface area contributed by atoms with Crippen molar-refractivity contribution >= 4 is 17.2 Å². The summed E-state index contributed by atoms with van der Waals surface area (Å²) in [6.45, 7) is -0.989. The summed E-state index contributed by atoms with van der Waals surface area (Å²) in [4.78, 5) is 13.8. The van der Waals surface area contributed by atoms with E-state index in [2.05, 4.69) is 10.3 Å². The number of alkyl halides is 1. The molecular formula is C10H13FN4O5. The van der Waals surface area contributed by atoms with Gasteiger partial charge in [0.15, 0.2) is 6.23 Å². The van der Waals surface area contributed by atoms with Gasteiger partial charge in [-0.1, -0.05) is 0 Å². The first kappa shape index (κ1) is 14.4. The Bertz CT molecular complexity index is 516. The lowest BCUT2D eigenvalue weighted by atomic mass is 10.1. The van der Waals surface area contributed by atoms with Crippen LogP contribution < -0.4 is 11.1 Å². The molecule has 5 N–H and O–H groups in total. The number of nitro groups is 1. The Kier molecular flexibility index (Phi) is 3.97. The highest BCUT2D eigenvalue weighted by Crippen LogP contribution is 2.31. The van der Waals surface area contributed by atoms with Gasteiger partial charge < -0.3 is 26.0 Å². The van der Waals surface area contributed by atoms with Crippen molar-refractivity contribution in [2.24, 2.45) is 0 Å². The van der Waals surface area contributed by atoms with Gasteiger partial charge in [-0.25, -0.2) is 9.37 Å². The first-order chi connectivity index (χ1) is 9.45. The van der Waals surface area contributed by atoms with Gasteiger partial charge in [0.2, 0.25) is 5.82 Å². The average Bonchev–Trinajstić information content (AvgIpc) is 2.66. The molecule has 1 fully saturated rings. The fraction of sp³-hybridized carbons (Fsp3) is 0.500. The fourth-order valence-electron chi connectivity index (χ4n) is 1.93. The van der Waals surface area contributed by atoms with Gasteiger partial charge in [-0.15, -0.1) is 0 Å². The highest BCUT2D eigenvalue weighted by Gasteiger charge is 2.43. The molecule has 0 amide bonds. The van der Waals surface area contributed by atoms with E-state index in [0.717, 1.165) is 0 Å². The lowest BCUT2D eigenvalue weighted by Crippen LogP contribution is -2.36. The van der Waals surface area contributed by atoms with Crippen molar-refractivity contribution in [1.29, 1.82) is 0 Å². The molecule has 0 unspecified atom stereocenters. The lowest BCUT2D eigenvalue weighted by molar-refractivity contribution is -0.383. The monoisotopic (exact) mass is 288 g/mol. The molecule has 0 radical (unpaired) electrons. The SMILES string of the molecule is Nc1nccc(N[C@@H]2O[C@H](CF)[C@@H](O)[C@H]2O)c1[N+](=O)[O-]. The number of rotatable bonds is 4. The minimum atomic E-state index is -1.43. The van der Waals surface area contributed by atoms with Gasteiger partial charge in [-0.3, -0.25) is 10.1 Å². The molecule has 110 valence electrons. The molecule has 9 nitrogen and oxygen atoms in total. The molecule has 1 aliphatic heterocycles. The Morgan fingerprint density at radius 1 is 1.55 bits per heavy atom. The van der Waals surface area contributed by atoms with E-state index < -0.39 is 41.8 Å². The van der Waals surface area contributed by atoms with Gasteiger partial charge >= 0.3 is 5.69 Å². The molecule has 0 spiro atoms. The van der Waals surface area contributed by atoms with Crippen LogP contribution >= 0.6 is 0 Å². The van der Waals surface area contributed by atoms with E-state index in [1.54, 1.807) is 0 Å². The number of ether oxygens (including phenoxy) is 1. The second-order valence-electron chi connectivity index (χ2n) is 4.22. The normalized spacial score (nSPS) is 29.4. The van der Waals surface area contributed by atoms with Crippen molar-refractivity contribution in [2.45, 2.75) is 24.5 Å². The first-order valence-corrected chi connectivity index (χ1v) is 5.68. The van der Waals surface area contributed by atoms with Gasteiger partial charge in [-0.2, -0.15) is 0 Å². The topological polar surface area (TPSA) is 144 Å². The molecule has 10 heteroatoms. The van der Waals surface area contributed by atoms with Crippen LogP contribution in [0.3, 0.4) is 0 Å². The standard InChI is InChI=1S/C10H13FN4O5/c11-3-5-7(16)8(17)10(20-5)14-4-1-2-13-9(12)6(4)15(18)19/h1-2,5,7-8,10,16-17H,3H2,(H3,12,13,14)/t5-,7-,8-,10-/m1/s1. The number of nitrogens with two attached hydrogens (primary N) is 1. The number of aliphatic hydroxyl groups is 2. The molecule has 0 bridgehead atoms. The van der Waals surface area contributed by atoms with Crippen LogP contribution in [0.25, 0.3) is 0 Å². The van der Waals surface area contributed by atoms with Crippen molar-refractivity contribution in [3.63, 3.8) is 0 Å². The molecule has 1 aliphatic rings. The molecule has 1 aromatic heterocycles. The number of nitrogens with one attached hydrogen (secondary N) is 1. The van der Waals surface area contributed by atoms with Gasteiger partial charge in [-0.05, 0) is 6.07 Å². The minimum absolute atomic E-state index is 0.0433. The summed E-state index contributed by atoms with van der Waals surface area (Å²) >= 11 is 0. The van der Waals surface area contributed by atoms with Crippen molar-refractivity contribution in [3.8, 4) is 0 Å². The molecule has 2 rings (SSSR count). The van der Waals surface area contributed by atoms with Crippen LogP contribution in [0.2, 0.25) is 0 Å². The van der Waals surface area contributed by atoms with Crippen LogP contribution in [0, 0.1) is 10.1 Å². The third-order valence-electron chi connectivity index (χ3n) is 2.95. The van der Waals surface area contributed by atoms with Crippen LogP contribution in [0.1, 0.15) is 0 Å². The second kappa shape index (κ2) is 5.53. The maximum atomic E-state index is 12.5. The van der Waals surface area contributed by atoms with Gasteiger partial charge in [0.1, 0.15) is 30.7 Å². The summed E-state index contributed by atoms with van der Waals surface area (Å²) < 4.78 is 17.6. The second-order valence-corrected chi connectivity index (χ2v) is 4.22. The van der Waals surface area contributed by atoms with Crippen LogP contribution in [0.4, 0.5) is 21.6 Å². The molecule has 4 atom stereocenters. The maximum Gasteiger partial charge on any atom is 0.334 e. The predicted octanol–water partition coefficient (Wildman–Crippen LogP) is -0.600. The van der Waals surface area contributed by atoms with Crippen LogP contribution in [0.15, 0.2) is 12.3 Å². The van der Waals surface area contributed by atoms with E-state index in [1.165, 1.54) is 12.3 Å². The van der Waals surface area contributed by atoms with Gasteiger partial charge in [0, 0.05) is 6.20 Å². The van der Waals surface area contributed by atoms with Gasteiger partial charge in [0.05, 0.1) is 4.92 Å². The summed E-state index contributed by atoms with van der Waals surface area (Å²) in [5.41, 5.74) is 4.88. The number of anilines is 2. The van der Waals surface area contributed by atoms with E-state index in [-0.39, 0.29) is 11.5 Å². The van der Waals surface area contributed by atoms with Crippen molar-refractivity contribution in [2.75, 3.05) is 17.7 Å². The summed E-state index contributed by atoms with van der Waals surface area (Å²) in [7, 11) is 0. The zero-order valence-electron chi connectivity index (χ0n) is 10.1. The highest BCUT2D eigenvalue weighted by molar-refractivity contribution is 5.71. The molecule has 20 heavy (non-hydrogen) atoms. The molecule has 0 saturated carbocycles. The van der Waals surface area contributed by atoms with Crippen LogP contribution in [-0.4, -0.2) is 51.3 Å². The average molecular weight is 288 g/mol. The van der Waals surface area contributed by atoms with Crippen LogP contribution in [-0.2, 0) is 4.74 Å². The molecule has 2 heterocycles. The first-order valence-electron chi connectivity index (χ1n) is 5.68. The summed E-state index contributed by atoms with van der Waals surface area (Å²) in [6.07, 6.45) is -4.00. The summed E-state index contributed by atoms with van der Waals surface area (Å²) in [5.74, 6) is -0.310. The Labute approximate surface area is 112 Å². The van der Waals surface area contributed by atoms with Crippen LogP contribution in [0.5, 0.6) is 0 Å². The Morgan fingerprint density at radius 3 is 2.80 bits per heavy atom. The number of aromatic nitrogens is 1. The van der Waals surface area contributed by atoms with Crippen molar-refractivity contribution < 1.29 is 24.3 Å². The summed E-state index contributed by atoms with van der Waals surface area (Å²) in [6, 6.07) is 1.26. The van der Waals surface area contributed by atoms with E-state index in [9.17, 15) is 24.7 Å². The molecular weight excluding hydrogens is 275 g/mol. The Balaban J connectivity index is 2.23. The molecule has 1 saturated heterocycles. The smallest absolute Gasteiger partial charge is 0.334 e. The maximum absolute atomic E-state index is 12.5. The quantitative estimate of drug-likeness (QED) is 0.424. The van der Waals surface area contributed by atoms with E-state index in [0.29, 0.717) is 0 Å². The predicted molar refractivity (Wildman–Crippen MR) is 65.6 cm³/mol. The van der Waals surface area contributed by atoms with E-state index >= 15 is 0 Å². The number of hydrogen-bond acceptors (Lipinski definition) is 8. The third-order valence-corrected chi connectivity index (χ3v) is 2.95. The number of aliphatic hydroxyl groups excluding tert-OH is 2. The lowest BCUT2D eigenvalue weighted by Gasteiger charge is -2.17. The number of nitrogens with zero attached hydrogens (tertiary/aromatic N) is 2. The molecule has 0 aliphatic carbocycles. The minimum Gasteiger partial charge on any atom is -0.387 e. The highest BCUT2D eigenvalue weighted by atomic mass is 19.1. The molecule has 1 aromatic rings. The zero-order chi connectivity index (χ0) is 14.9. The fourth-order valence-corrected chi connectivity index (χ4v) is 1.93. The van der Waals surface area contributed by atoms with E-state index in [1.807, 2.05) is 0 Å². The third kappa shape index (κ3) is 2.48. The van der Waals surface area contributed by atoms with Gasteiger partial charge in [0.25, 0.3) is 0 Å². The zero-order valence-corrected chi connectivity index (χ0v) is 10.1. The largest absolute Gasteiger partial charge is 0.387 e. The number of pyridine rings is 1. The Hall–Kier alpha value is -2.04. The van der Waals surface area contributed by atoms with Crippen molar-refractivity contribution in [3.05, 3.63) is 22.4 Å². The Morgan fingerprint density at radius 2 is 2.25 bits per heavy atom. The summed E-state index contributed by atoms with van der Waals surface area (Å²) in [5, 5.41) is 32.6. The van der Waals surface area contributed by atoms with E-state index in [4.69, 9.17) is 10.5 Å². The van der Waals surface area contributed by atoms with Crippen molar-refractivity contribution in [1.82, 2.24) is 4.98 Å². The number of nitrogen functional groups attached to an aromatic ring is 1. The number of hydrogen-bond donors (Lipinski definition) is 4.